The van der Waals surface area contributed by atoms with Crippen molar-refractivity contribution >= 4 is 15.7 Å². The van der Waals surface area contributed by atoms with Crippen LogP contribution >= 0.6 is 0 Å². The SMILES string of the molecule is CCOc1ccc(S(=O)(=O)N2CCN(C)CC2)cc1-c1nn2c(C3CCCC3)nnc2c(=O)[nH]1. The molecular weight excluding hydrogens is 458 g/mol. The number of nitrogens with zero attached hydrogens (tertiary/aromatic N) is 6. The zero-order valence-corrected chi connectivity index (χ0v) is 20.2. The van der Waals surface area contributed by atoms with Gasteiger partial charge in [0.1, 0.15) is 5.75 Å². The van der Waals surface area contributed by atoms with Crippen molar-refractivity contribution in [1.29, 1.82) is 0 Å². The number of likely N-dealkylation sites (N-methyl/N-ethyl adjacent to an activating group) is 1. The van der Waals surface area contributed by atoms with Crippen molar-refractivity contribution in [3.63, 3.8) is 0 Å². The minimum absolute atomic E-state index is 0.129. The number of fused-ring (bicyclic) bond motifs is 1. The van der Waals surface area contributed by atoms with Crippen molar-refractivity contribution in [2.75, 3.05) is 39.8 Å². The highest BCUT2D eigenvalue weighted by Crippen LogP contribution is 2.34. The van der Waals surface area contributed by atoms with Crippen LogP contribution in [-0.2, 0) is 10.0 Å². The number of hydrogen-bond acceptors (Lipinski definition) is 8. The van der Waals surface area contributed by atoms with E-state index in [9.17, 15) is 13.2 Å². The van der Waals surface area contributed by atoms with Gasteiger partial charge in [-0.3, -0.25) is 4.79 Å². The van der Waals surface area contributed by atoms with Gasteiger partial charge in [0, 0.05) is 32.1 Å². The van der Waals surface area contributed by atoms with E-state index in [1.165, 1.54) is 14.9 Å². The second-order valence-electron chi connectivity index (χ2n) is 8.88. The standard InChI is InChI=1S/C22H29N7O4S/c1-3-33-18-9-8-16(34(31,32)28-12-10-27(2)11-13-28)14-17(18)19-23-22(30)21-25-24-20(29(21)26-19)15-6-4-5-7-15/h8-9,14-15H,3-7,10-13H2,1-2H3,(H,23,26,30). The van der Waals surface area contributed by atoms with Gasteiger partial charge in [-0.25, -0.2) is 8.42 Å². The van der Waals surface area contributed by atoms with Crippen LogP contribution in [0.5, 0.6) is 5.75 Å². The fourth-order valence-electron chi connectivity index (χ4n) is 4.69. The van der Waals surface area contributed by atoms with Gasteiger partial charge in [-0.05, 0) is 45.0 Å². The molecule has 1 N–H and O–H groups in total. The molecule has 1 saturated heterocycles. The lowest BCUT2D eigenvalue weighted by Gasteiger charge is -2.31. The van der Waals surface area contributed by atoms with Crippen LogP contribution in [0.25, 0.3) is 17.0 Å². The summed E-state index contributed by atoms with van der Waals surface area (Å²) >= 11 is 0. The number of nitrogens with one attached hydrogen (secondary N) is 1. The minimum atomic E-state index is -3.71. The Bertz CT molecular complexity index is 1350. The molecule has 3 heterocycles. The second-order valence-corrected chi connectivity index (χ2v) is 10.8. The van der Waals surface area contributed by atoms with Gasteiger partial charge >= 0.3 is 0 Å². The average Bonchev–Trinajstić information content (AvgIpc) is 3.50. The third-order valence-corrected chi connectivity index (χ3v) is 8.52. The second kappa shape index (κ2) is 9.08. The van der Waals surface area contributed by atoms with Crippen LogP contribution < -0.4 is 10.3 Å². The van der Waals surface area contributed by atoms with Crippen LogP contribution in [0.3, 0.4) is 0 Å². The highest BCUT2D eigenvalue weighted by Gasteiger charge is 2.29. The molecule has 3 aromatic rings. The summed E-state index contributed by atoms with van der Waals surface area (Å²) in [4.78, 5) is 17.8. The molecule has 0 amide bonds. The van der Waals surface area contributed by atoms with Crippen LogP contribution in [0.4, 0.5) is 0 Å². The first-order valence-corrected chi connectivity index (χ1v) is 13.1. The number of aromatic nitrogens is 5. The molecule has 11 nitrogen and oxygen atoms in total. The molecule has 12 heteroatoms. The number of H-pyrrole nitrogens is 1. The minimum Gasteiger partial charge on any atom is -0.493 e. The van der Waals surface area contributed by atoms with Gasteiger partial charge in [-0.1, -0.05) is 12.8 Å². The summed E-state index contributed by atoms with van der Waals surface area (Å²) in [6, 6.07) is 4.69. The van der Waals surface area contributed by atoms with Gasteiger partial charge in [0.2, 0.25) is 15.7 Å². The fraction of sp³-hybridized carbons (Fsp3) is 0.545. The monoisotopic (exact) mass is 487 g/mol. The molecule has 0 spiro atoms. The van der Waals surface area contributed by atoms with E-state index in [2.05, 4.69) is 25.2 Å². The molecule has 5 rings (SSSR count). The summed E-state index contributed by atoms with van der Waals surface area (Å²) < 4.78 is 35.5. The number of benzene rings is 1. The Morgan fingerprint density at radius 2 is 1.85 bits per heavy atom. The first-order chi connectivity index (χ1) is 16.4. The molecule has 1 aliphatic heterocycles. The number of rotatable bonds is 6. The number of sulfonamides is 1. The summed E-state index contributed by atoms with van der Waals surface area (Å²) in [5.41, 5.74) is 0.100. The van der Waals surface area contributed by atoms with Gasteiger partial charge in [0.25, 0.3) is 5.56 Å². The maximum Gasteiger partial charge on any atom is 0.296 e. The van der Waals surface area contributed by atoms with Gasteiger partial charge in [-0.15, -0.1) is 15.3 Å². The molecule has 0 radical (unpaired) electrons. The molecule has 0 atom stereocenters. The van der Waals surface area contributed by atoms with Crippen LogP contribution in [0.2, 0.25) is 0 Å². The molecular formula is C22H29N7O4S. The Balaban J connectivity index is 1.61. The third kappa shape index (κ3) is 4.10. The van der Waals surface area contributed by atoms with E-state index in [4.69, 9.17) is 4.74 Å². The normalized spacial score (nSPS) is 18.6. The summed E-state index contributed by atoms with van der Waals surface area (Å²) in [6.45, 7) is 4.42. The molecule has 1 aromatic carbocycles. The van der Waals surface area contributed by atoms with Gasteiger partial charge in [0.15, 0.2) is 11.6 Å². The van der Waals surface area contributed by atoms with Gasteiger partial charge < -0.3 is 14.6 Å². The lowest BCUT2D eigenvalue weighted by atomic mass is 10.1. The molecule has 2 fully saturated rings. The molecule has 0 unspecified atom stereocenters. The maximum absolute atomic E-state index is 13.4. The Morgan fingerprint density at radius 3 is 2.56 bits per heavy atom. The predicted octanol–water partition coefficient (Wildman–Crippen LogP) is 1.47. The van der Waals surface area contributed by atoms with E-state index in [1.807, 2.05) is 14.0 Å². The number of piperazine rings is 1. The molecule has 1 saturated carbocycles. The summed E-state index contributed by atoms with van der Waals surface area (Å²) in [5.74, 6) is 1.53. The van der Waals surface area contributed by atoms with E-state index < -0.39 is 15.6 Å². The van der Waals surface area contributed by atoms with Crippen LogP contribution in [0.1, 0.15) is 44.3 Å². The molecule has 2 aromatic heterocycles. The topological polar surface area (TPSA) is 126 Å². The summed E-state index contributed by atoms with van der Waals surface area (Å²) in [7, 11) is -1.74. The maximum atomic E-state index is 13.4. The number of ether oxygens (including phenoxy) is 1. The van der Waals surface area contributed by atoms with E-state index in [0.29, 0.717) is 49.9 Å². The van der Waals surface area contributed by atoms with Crippen molar-refractivity contribution in [3.05, 3.63) is 34.4 Å². The molecule has 34 heavy (non-hydrogen) atoms. The lowest BCUT2D eigenvalue weighted by Crippen LogP contribution is -2.47. The Kier molecular flexibility index (Phi) is 6.13. The number of hydrogen-bond donors (Lipinski definition) is 1. The zero-order valence-electron chi connectivity index (χ0n) is 19.4. The van der Waals surface area contributed by atoms with Crippen molar-refractivity contribution in [2.24, 2.45) is 0 Å². The molecule has 0 bridgehead atoms. The van der Waals surface area contributed by atoms with Crippen LogP contribution in [0, 0.1) is 0 Å². The van der Waals surface area contributed by atoms with E-state index in [1.54, 1.807) is 12.1 Å². The Hall–Kier alpha value is -2.83. The fourth-order valence-corrected chi connectivity index (χ4v) is 6.14. The Labute approximate surface area is 197 Å². The first kappa shape index (κ1) is 22.9. The zero-order chi connectivity index (χ0) is 23.9. The van der Waals surface area contributed by atoms with Crippen molar-refractivity contribution in [2.45, 2.75) is 43.4 Å². The lowest BCUT2D eigenvalue weighted by molar-refractivity contribution is 0.222. The van der Waals surface area contributed by atoms with Crippen molar-refractivity contribution < 1.29 is 13.2 Å². The summed E-state index contributed by atoms with van der Waals surface area (Å²) in [5, 5.41) is 12.9. The van der Waals surface area contributed by atoms with Crippen LogP contribution in [0.15, 0.2) is 27.9 Å². The van der Waals surface area contributed by atoms with E-state index in [0.717, 1.165) is 25.7 Å². The van der Waals surface area contributed by atoms with E-state index >= 15 is 0 Å². The first-order valence-electron chi connectivity index (χ1n) is 11.7. The van der Waals surface area contributed by atoms with Crippen LogP contribution in [-0.4, -0.2) is 82.3 Å². The van der Waals surface area contributed by atoms with Crippen molar-refractivity contribution in [1.82, 2.24) is 34.0 Å². The highest BCUT2D eigenvalue weighted by atomic mass is 32.2. The smallest absolute Gasteiger partial charge is 0.296 e. The Morgan fingerprint density at radius 1 is 1.12 bits per heavy atom. The van der Waals surface area contributed by atoms with Gasteiger partial charge in [0.05, 0.1) is 17.1 Å². The summed E-state index contributed by atoms with van der Waals surface area (Å²) in [6.07, 6.45) is 4.17. The van der Waals surface area contributed by atoms with Crippen molar-refractivity contribution in [3.8, 4) is 17.1 Å². The molecule has 2 aliphatic rings. The number of aromatic amines is 1. The highest BCUT2D eigenvalue weighted by molar-refractivity contribution is 7.89. The predicted molar refractivity (Wildman–Crippen MR) is 125 cm³/mol. The largest absolute Gasteiger partial charge is 0.493 e. The molecule has 1 aliphatic carbocycles. The quantitative estimate of drug-likeness (QED) is 0.554. The van der Waals surface area contributed by atoms with Gasteiger partial charge in [-0.2, -0.15) is 8.82 Å². The third-order valence-electron chi connectivity index (χ3n) is 6.63. The van der Waals surface area contributed by atoms with E-state index in [-0.39, 0.29) is 22.3 Å². The average molecular weight is 488 g/mol. The molecule has 182 valence electrons.